The summed E-state index contributed by atoms with van der Waals surface area (Å²) in [5.74, 6) is -2.32. The molecule has 3 atom stereocenters. The van der Waals surface area contributed by atoms with Crippen molar-refractivity contribution in [3.05, 3.63) is 0 Å². The number of carbonyl (C=O) groups is 1. The summed E-state index contributed by atoms with van der Waals surface area (Å²) >= 11 is 4.87. The van der Waals surface area contributed by atoms with E-state index in [1.165, 1.54) is 0 Å². The van der Waals surface area contributed by atoms with E-state index in [1.54, 1.807) is 0 Å². The van der Waals surface area contributed by atoms with E-state index in [1.807, 2.05) is 6.92 Å². The molecule has 0 aliphatic heterocycles. The van der Waals surface area contributed by atoms with Gasteiger partial charge in [-0.2, -0.15) is 13.2 Å². The summed E-state index contributed by atoms with van der Waals surface area (Å²) in [6, 6.07) is -0.422. The Kier molecular flexibility index (Phi) is 6.23. The SMILES string of the molecule is CCCC(NC(=O)C1CCCC(C(F)(F)F)C1)C(N)=S. The second-order valence-electron chi connectivity index (χ2n) is 5.35. The molecule has 116 valence electrons. The Labute approximate surface area is 122 Å². The van der Waals surface area contributed by atoms with Crippen LogP contribution in [0.15, 0.2) is 0 Å². The maximum atomic E-state index is 12.7. The van der Waals surface area contributed by atoms with Crippen LogP contribution in [-0.4, -0.2) is 23.1 Å². The molecule has 20 heavy (non-hydrogen) atoms. The lowest BCUT2D eigenvalue weighted by Gasteiger charge is -2.30. The number of hydrogen-bond acceptors (Lipinski definition) is 2. The van der Waals surface area contributed by atoms with Crippen molar-refractivity contribution in [2.24, 2.45) is 17.6 Å². The van der Waals surface area contributed by atoms with Gasteiger partial charge in [-0.25, -0.2) is 0 Å². The van der Waals surface area contributed by atoms with Crippen LogP contribution in [-0.2, 0) is 4.79 Å². The molecular weight excluding hydrogens is 289 g/mol. The van der Waals surface area contributed by atoms with Gasteiger partial charge in [0.1, 0.15) is 0 Å². The Hall–Kier alpha value is -0.850. The number of nitrogens with one attached hydrogen (secondary N) is 1. The molecule has 3 nitrogen and oxygen atoms in total. The molecule has 7 heteroatoms. The minimum Gasteiger partial charge on any atom is -0.392 e. The van der Waals surface area contributed by atoms with E-state index in [0.29, 0.717) is 19.3 Å². The van der Waals surface area contributed by atoms with Crippen LogP contribution >= 0.6 is 12.2 Å². The monoisotopic (exact) mass is 310 g/mol. The van der Waals surface area contributed by atoms with Crippen molar-refractivity contribution in [2.45, 2.75) is 57.7 Å². The lowest BCUT2D eigenvalue weighted by molar-refractivity contribution is -0.186. The molecule has 0 bridgehead atoms. The first kappa shape index (κ1) is 17.2. The average Bonchev–Trinajstić information content (AvgIpc) is 2.37. The summed E-state index contributed by atoms with van der Waals surface area (Å²) in [6.45, 7) is 1.93. The van der Waals surface area contributed by atoms with Crippen molar-refractivity contribution in [1.29, 1.82) is 0 Å². The predicted molar refractivity (Wildman–Crippen MR) is 75.1 cm³/mol. The first-order chi connectivity index (χ1) is 9.25. The third-order valence-electron chi connectivity index (χ3n) is 3.75. The van der Waals surface area contributed by atoms with Gasteiger partial charge in [0, 0.05) is 5.92 Å². The molecule has 1 amide bonds. The molecule has 3 N–H and O–H groups in total. The van der Waals surface area contributed by atoms with Gasteiger partial charge >= 0.3 is 6.18 Å². The molecule has 0 aromatic rings. The third-order valence-corrected chi connectivity index (χ3v) is 4.03. The van der Waals surface area contributed by atoms with Crippen molar-refractivity contribution in [2.75, 3.05) is 0 Å². The number of amides is 1. The molecule has 1 aliphatic carbocycles. The molecule has 1 saturated carbocycles. The fraction of sp³-hybridized carbons (Fsp3) is 0.846. The Balaban J connectivity index is 2.60. The molecule has 0 aromatic heterocycles. The quantitative estimate of drug-likeness (QED) is 0.768. The van der Waals surface area contributed by atoms with Crippen LogP contribution < -0.4 is 11.1 Å². The molecule has 1 fully saturated rings. The largest absolute Gasteiger partial charge is 0.392 e. The highest BCUT2D eigenvalue weighted by Gasteiger charge is 2.43. The van der Waals surface area contributed by atoms with Gasteiger partial charge in [0.15, 0.2) is 0 Å². The molecule has 0 heterocycles. The molecule has 0 radical (unpaired) electrons. The number of thiocarbonyl (C=S) groups is 1. The minimum absolute atomic E-state index is 0.112. The van der Waals surface area contributed by atoms with E-state index in [-0.39, 0.29) is 23.7 Å². The highest BCUT2D eigenvalue weighted by atomic mass is 32.1. The van der Waals surface area contributed by atoms with Crippen LogP contribution in [0.5, 0.6) is 0 Å². The summed E-state index contributed by atoms with van der Waals surface area (Å²) < 4.78 is 38.2. The molecule has 3 unspecified atom stereocenters. The fourth-order valence-corrected chi connectivity index (χ4v) is 2.77. The van der Waals surface area contributed by atoms with Crippen molar-refractivity contribution >= 4 is 23.1 Å². The van der Waals surface area contributed by atoms with E-state index >= 15 is 0 Å². The summed E-state index contributed by atoms with van der Waals surface area (Å²) in [5.41, 5.74) is 5.53. The van der Waals surface area contributed by atoms with Crippen molar-refractivity contribution in [3.8, 4) is 0 Å². The second-order valence-corrected chi connectivity index (χ2v) is 5.83. The summed E-state index contributed by atoms with van der Waals surface area (Å²) in [7, 11) is 0. The first-order valence-electron chi connectivity index (χ1n) is 6.92. The Morgan fingerprint density at radius 3 is 2.60 bits per heavy atom. The van der Waals surface area contributed by atoms with Gasteiger partial charge in [0.25, 0.3) is 0 Å². The Morgan fingerprint density at radius 2 is 2.10 bits per heavy atom. The van der Waals surface area contributed by atoms with Crippen molar-refractivity contribution < 1.29 is 18.0 Å². The lowest BCUT2D eigenvalue weighted by Crippen LogP contribution is -2.47. The fourth-order valence-electron chi connectivity index (χ4n) is 2.59. The standard InChI is InChI=1S/C13H21F3N2OS/c1-2-4-10(11(17)20)18-12(19)8-5-3-6-9(7-8)13(14,15)16/h8-10H,2-7H2,1H3,(H2,17,20)(H,18,19). The van der Waals surface area contributed by atoms with Crippen LogP contribution in [0.1, 0.15) is 45.4 Å². The first-order valence-corrected chi connectivity index (χ1v) is 7.33. The number of hydrogen-bond donors (Lipinski definition) is 2. The van der Waals surface area contributed by atoms with Gasteiger partial charge in [-0.15, -0.1) is 0 Å². The molecule has 0 spiro atoms. The van der Waals surface area contributed by atoms with Gasteiger partial charge in [-0.05, 0) is 25.7 Å². The van der Waals surface area contributed by atoms with Gasteiger partial charge < -0.3 is 11.1 Å². The van der Waals surface area contributed by atoms with E-state index in [0.717, 1.165) is 6.42 Å². The number of carbonyl (C=O) groups excluding carboxylic acids is 1. The van der Waals surface area contributed by atoms with Crippen LogP contribution in [0.4, 0.5) is 13.2 Å². The zero-order valence-electron chi connectivity index (χ0n) is 11.5. The number of nitrogens with two attached hydrogens (primary N) is 1. The van der Waals surface area contributed by atoms with Gasteiger partial charge in [-0.1, -0.05) is 32.0 Å². The number of rotatable bonds is 5. The summed E-state index contributed by atoms with van der Waals surface area (Å²) in [6.07, 6.45) is -1.92. The number of alkyl halides is 3. The van der Waals surface area contributed by atoms with E-state index < -0.39 is 24.1 Å². The topological polar surface area (TPSA) is 55.1 Å². The van der Waals surface area contributed by atoms with Gasteiger partial charge in [0.05, 0.1) is 16.9 Å². The minimum atomic E-state index is -4.22. The molecule has 0 saturated heterocycles. The molecular formula is C13H21F3N2OS. The van der Waals surface area contributed by atoms with Crippen LogP contribution in [0, 0.1) is 11.8 Å². The third kappa shape index (κ3) is 4.92. The highest BCUT2D eigenvalue weighted by molar-refractivity contribution is 7.80. The number of halogens is 3. The predicted octanol–water partition coefficient (Wildman–Crippen LogP) is 2.93. The van der Waals surface area contributed by atoms with Crippen LogP contribution in [0.25, 0.3) is 0 Å². The zero-order chi connectivity index (χ0) is 15.3. The second kappa shape index (κ2) is 7.24. The van der Waals surface area contributed by atoms with Gasteiger partial charge in [-0.3, -0.25) is 4.79 Å². The molecule has 1 aliphatic rings. The van der Waals surface area contributed by atoms with Gasteiger partial charge in [0.2, 0.25) is 5.91 Å². The van der Waals surface area contributed by atoms with E-state index in [2.05, 4.69) is 5.32 Å². The van der Waals surface area contributed by atoms with Crippen LogP contribution in [0.3, 0.4) is 0 Å². The average molecular weight is 310 g/mol. The van der Waals surface area contributed by atoms with E-state index in [9.17, 15) is 18.0 Å². The van der Waals surface area contributed by atoms with E-state index in [4.69, 9.17) is 18.0 Å². The molecule has 1 rings (SSSR count). The maximum Gasteiger partial charge on any atom is 0.391 e. The lowest BCUT2D eigenvalue weighted by atomic mass is 9.80. The van der Waals surface area contributed by atoms with Crippen molar-refractivity contribution in [3.63, 3.8) is 0 Å². The highest BCUT2D eigenvalue weighted by Crippen LogP contribution is 2.39. The smallest absolute Gasteiger partial charge is 0.391 e. The summed E-state index contributed by atoms with van der Waals surface area (Å²) in [5, 5.41) is 2.69. The Bertz CT molecular complexity index is 360. The van der Waals surface area contributed by atoms with Crippen LogP contribution in [0.2, 0.25) is 0 Å². The maximum absolute atomic E-state index is 12.7. The Morgan fingerprint density at radius 1 is 1.45 bits per heavy atom. The zero-order valence-corrected chi connectivity index (χ0v) is 12.3. The normalized spacial score (nSPS) is 25.0. The molecule has 0 aromatic carbocycles. The van der Waals surface area contributed by atoms with Crippen molar-refractivity contribution in [1.82, 2.24) is 5.32 Å². The summed E-state index contributed by atoms with van der Waals surface area (Å²) in [4.78, 5) is 12.3.